The molecule has 0 saturated carbocycles. The Morgan fingerprint density at radius 3 is 2.52 bits per heavy atom. The molecule has 0 fully saturated rings. The van der Waals surface area contributed by atoms with E-state index in [1.165, 1.54) is 18.4 Å². The zero-order valence-electron chi connectivity index (χ0n) is 12.9. The first kappa shape index (κ1) is 15.5. The molecule has 0 saturated heterocycles. The van der Waals surface area contributed by atoms with Crippen molar-refractivity contribution in [2.24, 2.45) is 0 Å². The number of rotatable bonds is 8. The van der Waals surface area contributed by atoms with E-state index in [9.17, 15) is 0 Å². The summed E-state index contributed by atoms with van der Waals surface area (Å²) in [6, 6.07) is 14.4. The Kier molecular flexibility index (Phi) is 6.22. The van der Waals surface area contributed by atoms with E-state index in [0.717, 1.165) is 30.1 Å². The van der Waals surface area contributed by atoms with Gasteiger partial charge in [-0.15, -0.1) is 0 Å². The van der Waals surface area contributed by atoms with Crippen LogP contribution in [0.2, 0.25) is 0 Å². The third kappa shape index (κ3) is 5.20. The van der Waals surface area contributed by atoms with Gasteiger partial charge in [0, 0.05) is 6.54 Å². The molecule has 0 aliphatic carbocycles. The predicted molar refractivity (Wildman–Crippen MR) is 86.4 cm³/mol. The molecule has 112 valence electrons. The van der Waals surface area contributed by atoms with Crippen LogP contribution in [-0.2, 0) is 19.6 Å². The van der Waals surface area contributed by atoms with Crippen molar-refractivity contribution in [3.63, 3.8) is 0 Å². The zero-order chi connectivity index (χ0) is 14.9. The van der Waals surface area contributed by atoms with Gasteiger partial charge in [-0.05, 0) is 49.7 Å². The summed E-state index contributed by atoms with van der Waals surface area (Å²) in [4.78, 5) is 4.55. The molecule has 2 rings (SSSR count). The number of benzene rings is 1. The van der Waals surface area contributed by atoms with Crippen molar-refractivity contribution >= 4 is 0 Å². The Hall–Kier alpha value is -1.87. The molecule has 21 heavy (non-hydrogen) atoms. The fraction of sp³-hybridized carbons (Fsp3) is 0.389. The molecule has 0 spiro atoms. The maximum atomic E-state index is 5.80. The first-order valence-electron chi connectivity index (χ1n) is 7.63. The Labute approximate surface area is 127 Å². The lowest BCUT2D eigenvalue weighted by molar-refractivity contribution is 0.301. The van der Waals surface area contributed by atoms with Gasteiger partial charge in [0.25, 0.3) is 0 Å². The molecule has 0 unspecified atom stereocenters. The normalized spacial score (nSPS) is 10.6. The number of ether oxygens (including phenoxy) is 1. The van der Waals surface area contributed by atoms with Gasteiger partial charge < -0.3 is 10.1 Å². The molecule has 1 aromatic heterocycles. The first-order valence-corrected chi connectivity index (χ1v) is 7.63. The number of hydrogen-bond donors (Lipinski definition) is 1. The van der Waals surface area contributed by atoms with E-state index >= 15 is 0 Å². The van der Waals surface area contributed by atoms with E-state index in [1.54, 1.807) is 0 Å². The summed E-state index contributed by atoms with van der Waals surface area (Å²) in [6.45, 7) is 3.50. The molecule has 0 bridgehead atoms. The second-order valence-corrected chi connectivity index (χ2v) is 5.19. The summed E-state index contributed by atoms with van der Waals surface area (Å²) >= 11 is 0. The lowest BCUT2D eigenvalue weighted by Crippen LogP contribution is -2.08. The van der Waals surface area contributed by atoms with Crippen LogP contribution in [0.4, 0.5) is 0 Å². The van der Waals surface area contributed by atoms with Gasteiger partial charge in [-0.25, -0.2) is 0 Å². The molecule has 0 amide bonds. The van der Waals surface area contributed by atoms with E-state index in [2.05, 4.69) is 29.4 Å². The second-order valence-electron chi connectivity index (χ2n) is 5.19. The molecule has 3 heteroatoms. The van der Waals surface area contributed by atoms with Crippen LogP contribution in [0.5, 0.6) is 5.75 Å². The van der Waals surface area contributed by atoms with E-state index in [-0.39, 0.29) is 0 Å². The number of hydrogen-bond acceptors (Lipinski definition) is 3. The molecule has 3 nitrogen and oxygen atoms in total. The van der Waals surface area contributed by atoms with Gasteiger partial charge >= 0.3 is 0 Å². The number of pyridine rings is 1. The van der Waals surface area contributed by atoms with Gasteiger partial charge in [0.15, 0.2) is 0 Å². The zero-order valence-corrected chi connectivity index (χ0v) is 12.9. The molecule has 1 heterocycles. The van der Waals surface area contributed by atoms with Crippen molar-refractivity contribution in [1.82, 2.24) is 10.3 Å². The number of nitrogens with one attached hydrogen (secondary N) is 1. The highest BCUT2D eigenvalue weighted by molar-refractivity contribution is 5.27. The number of unbranched alkanes of at least 4 members (excludes halogenated alkanes) is 1. The molecule has 0 atom stereocenters. The third-order valence-electron chi connectivity index (χ3n) is 3.35. The Morgan fingerprint density at radius 2 is 1.81 bits per heavy atom. The maximum Gasteiger partial charge on any atom is 0.130 e. The standard InChI is InChI=1S/C18H24N2O/c1-3-4-6-15-9-11-18(12-10-15)21-14-17-8-5-7-16(20-17)13-19-2/h5,7-12,19H,3-4,6,13-14H2,1-2H3. The van der Waals surface area contributed by atoms with Gasteiger partial charge in [-0.3, -0.25) is 4.98 Å². The summed E-state index contributed by atoms with van der Waals surface area (Å²) in [6.07, 6.45) is 3.61. The highest BCUT2D eigenvalue weighted by atomic mass is 16.5. The molecule has 0 aliphatic heterocycles. The second kappa shape index (κ2) is 8.42. The highest BCUT2D eigenvalue weighted by Crippen LogP contribution is 2.15. The van der Waals surface area contributed by atoms with E-state index in [0.29, 0.717) is 6.61 Å². The topological polar surface area (TPSA) is 34.1 Å². The predicted octanol–water partition coefficient (Wildman–Crippen LogP) is 3.72. The van der Waals surface area contributed by atoms with Crippen molar-refractivity contribution in [3.8, 4) is 5.75 Å². The molecule has 0 aliphatic rings. The number of nitrogens with zero attached hydrogens (tertiary/aromatic N) is 1. The van der Waals surface area contributed by atoms with Crippen LogP contribution in [0, 0.1) is 0 Å². The van der Waals surface area contributed by atoms with Crippen LogP contribution in [0.1, 0.15) is 36.7 Å². The molecule has 2 aromatic rings. The monoisotopic (exact) mass is 284 g/mol. The fourth-order valence-corrected chi connectivity index (χ4v) is 2.18. The average Bonchev–Trinajstić information content (AvgIpc) is 2.53. The van der Waals surface area contributed by atoms with E-state index < -0.39 is 0 Å². The van der Waals surface area contributed by atoms with Crippen LogP contribution >= 0.6 is 0 Å². The largest absolute Gasteiger partial charge is 0.487 e. The maximum absolute atomic E-state index is 5.80. The molecular weight excluding hydrogens is 260 g/mol. The molecular formula is C18H24N2O. The summed E-state index contributed by atoms with van der Waals surface area (Å²) in [5.41, 5.74) is 3.37. The lowest BCUT2D eigenvalue weighted by Gasteiger charge is -2.08. The Balaban J connectivity index is 1.88. The minimum absolute atomic E-state index is 0.506. The van der Waals surface area contributed by atoms with Crippen LogP contribution < -0.4 is 10.1 Å². The summed E-state index contributed by atoms with van der Waals surface area (Å²) in [5.74, 6) is 0.899. The average molecular weight is 284 g/mol. The Bertz CT molecular complexity index is 537. The molecule has 0 radical (unpaired) electrons. The van der Waals surface area contributed by atoms with Crippen molar-refractivity contribution in [2.45, 2.75) is 39.3 Å². The molecule has 1 aromatic carbocycles. The summed E-state index contributed by atoms with van der Waals surface area (Å²) in [5, 5.41) is 3.10. The molecule has 1 N–H and O–H groups in total. The first-order chi connectivity index (χ1) is 10.3. The minimum Gasteiger partial charge on any atom is -0.487 e. The van der Waals surface area contributed by atoms with Crippen molar-refractivity contribution in [3.05, 3.63) is 59.4 Å². The van der Waals surface area contributed by atoms with Gasteiger partial charge in [-0.1, -0.05) is 31.5 Å². The fourth-order valence-electron chi connectivity index (χ4n) is 2.18. The van der Waals surface area contributed by atoms with Crippen molar-refractivity contribution in [2.75, 3.05) is 7.05 Å². The van der Waals surface area contributed by atoms with Gasteiger partial charge in [0.05, 0.1) is 11.4 Å². The van der Waals surface area contributed by atoms with Gasteiger partial charge in [0.2, 0.25) is 0 Å². The highest BCUT2D eigenvalue weighted by Gasteiger charge is 2.00. The van der Waals surface area contributed by atoms with Crippen molar-refractivity contribution in [1.29, 1.82) is 0 Å². The summed E-state index contributed by atoms with van der Waals surface area (Å²) < 4.78 is 5.80. The van der Waals surface area contributed by atoms with Crippen LogP contribution in [-0.4, -0.2) is 12.0 Å². The number of aromatic nitrogens is 1. The van der Waals surface area contributed by atoms with Gasteiger partial charge in [-0.2, -0.15) is 0 Å². The smallest absolute Gasteiger partial charge is 0.130 e. The van der Waals surface area contributed by atoms with Crippen LogP contribution in [0.25, 0.3) is 0 Å². The van der Waals surface area contributed by atoms with Crippen LogP contribution in [0.3, 0.4) is 0 Å². The summed E-state index contributed by atoms with van der Waals surface area (Å²) in [7, 11) is 1.92. The van der Waals surface area contributed by atoms with E-state index in [1.807, 2.05) is 37.4 Å². The lowest BCUT2D eigenvalue weighted by atomic mass is 10.1. The minimum atomic E-state index is 0.506. The van der Waals surface area contributed by atoms with E-state index in [4.69, 9.17) is 4.74 Å². The van der Waals surface area contributed by atoms with Crippen molar-refractivity contribution < 1.29 is 4.74 Å². The van der Waals surface area contributed by atoms with Crippen LogP contribution in [0.15, 0.2) is 42.5 Å². The Morgan fingerprint density at radius 1 is 1.05 bits per heavy atom. The quantitative estimate of drug-likeness (QED) is 0.802. The third-order valence-corrected chi connectivity index (χ3v) is 3.35. The SMILES string of the molecule is CCCCc1ccc(OCc2cccc(CNC)n2)cc1. The van der Waals surface area contributed by atoms with Gasteiger partial charge in [0.1, 0.15) is 12.4 Å². The number of aryl methyl sites for hydroxylation is 1.